The number of hydrogen-bond acceptors (Lipinski definition) is 10. The molecule has 4 atom stereocenters. The molecule has 0 fully saturated rings. The van der Waals surface area contributed by atoms with Gasteiger partial charge in [0.25, 0.3) is 0 Å². The molecule has 0 unspecified atom stereocenters. The number of aliphatic carboxylic acids is 1. The van der Waals surface area contributed by atoms with Gasteiger partial charge < -0.3 is 52.6 Å². The number of amides is 6. The Labute approximate surface area is 348 Å². The lowest BCUT2D eigenvalue weighted by atomic mass is 9.98. The molecule has 0 bridgehead atoms. The molecule has 322 valence electrons. The van der Waals surface area contributed by atoms with E-state index in [1.54, 1.807) is 30.3 Å². The van der Waals surface area contributed by atoms with Crippen LogP contribution in [0.1, 0.15) is 62.1 Å². The summed E-state index contributed by atoms with van der Waals surface area (Å²) < 4.78 is 5.45. The fourth-order valence-corrected chi connectivity index (χ4v) is 6.81. The molecule has 0 saturated heterocycles. The fourth-order valence-electron chi connectivity index (χ4n) is 6.81. The Morgan fingerprint density at radius 1 is 0.667 bits per heavy atom. The van der Waals surface area contributed by atoms with Gasteiger partial charge in [0.15, 0.2) is 0 Å². The molecule has 3 aromatic rings. The predicted molar refractivity (Wildman–Crippen MR) is 221 cm³/mol. The molecule has 17 nitrogen and oxygen atoms in total. The lowest BCUT2D eigenvalue weighted by Gasteiger charge is -2.25. The summed E-state index contributed by atoms with van der Waals surface area (Å²) >= 11 is 0. The van der Waals surface area contributed by atoms with Crippen molar-refractivity contribution in [1.82, 2.24) is 31.9 Å². The van der Waals surface area contributed by atoms with Crippen LogP contribution in [0.4, 0.5) is 4.79 Å². The Hall–Kier alpha value is -6.33. The normalized spacial score (nSPS) is 13.7. The maximum atomic E-state index is 13.7. The van der Waals surface area contributed by atoms with Crippen LogP contribution >= 0.6 is 0 Å². The van der Waals surface area contributed by atoms with Crippen molar-refractivity contribution in [3.63, 3.8) is 0 Å². The van der Waals surface area contributed by atoms with Crippen molar-refractivity contribution in [2.45, 2.75) is 76.0 Å². The van der Waals surface area contributed by atoms with E-state index in [0.717, 1.165) is 22.3 Å². The maximum absolute atomic E-state index is 13.7. The lowest BCUT2D eigenvalue weighted by molar-refractivity contribution is -0.142. The molecule has 0 aliphatic heterocycles. The van der Waals surface area contributed by atoms with E-state index >= 15 is 0 Å². The summed E-state index contributed by atoms with van der Waals surface area (Å²) in [5.41, 5.74) is 10.3. The van der Waals surface area contributed by atoms with Crippen molar-refractivity contribution in [3.05, 3.63) is 95.6 Å². The molecule has 17 heteroatoms. The number of ether oxygens (including phenoxy) is 1. The number of carboxylic acid groups (broad SMARTS) is 1. The molecule has 10 N–H and O–H groups in total. The zero-order chi connectivity index (χ0) is 43.6. The number of benzene rings is 3. The van der Waals surface area contributed by atoms with Gasteiger partial charge in [0.2, 0.25) is 29.5 Å². The van der Waals surface area contributed by atoms with Crippen molar-refractivity contribution >= 4 is 41.6 Å². The predicted octanol–water partition coefficient (Wildman–Crippen LogP) is 1.08. The van der Waals surface area contributed by atoms with Gasteiger partial charge in [-0.15, -0.1) is 0 Å². The van der Waals surface area contributed by atoms with Crippen molar-refractivity contribution in [3.8, 4) is 11.1 Å². The zero-order valence-electron chi connectivity index (χ0n) is 33.8. The second kappa shape index (κ2) is 23.3. The minimum absolute atomic E-state index is 0.0188. The van der Waals surface area contributed by atoms with E-state index in [1.807, 2.05) is 62.4 Å². The van der Waals surface area contributed by atoms with Gasteiger partial charge in [0.05, 0.1) is 19.7 Å². The van der Waals surface area contributed by atoms with Crippen LogP contribution in [-0.4, -0.2) is 109 Å². The molecule has 0 spiro atoms. The highest BCUT2D eigenvalue weighted by Gasteiger charge is 2.32. The molecule has 1 aliphatic carbocycles. The van der Waals surface area contributed by atoms with E-state index in [2.05, 4.69) is 31.9 Å². The number of nitrogens with one attached hydrogen (secondary N) is 6. The Bertz CT molecular complexity index is 1920. The minimum Gasteiger partial charge on any atom is -0.480 e. The van der Waals surface area contributed by atoms with Gasteiger partial charge in [-0.2, -0.15) is 0 Å². The first-order valence-corrected chi connectivity index (χ1v) is 19.9. The number of fused-ring (bicyclic) bond motifs is 3. The summed E-state index contributed by atoms with van der Waals surface area (Å²) in [5, 5.41) is 34.2. The Morgan fingerprint density at radius 2 is 1.25 bits per heavy atom. The van der Waals surface area contributed by atoms with E-state index in [-0.39, 0.29) is 37.7 Å². The molecular formula is C43H55N7O10. The van der Waals surface area contributed by atoms with Crippen molar-refractivity contribution in [2.75, 3.05) is 32.8 Å². The third kappa shape index (κ3) is 13.9. The van der Waals surface area contributed by atoms with Crippen LogP contribution in [0.25, 0.3) is 11.1 Å². The van der Waals surface area contributed by atoms with Gasteiger partial charge in [-0.3, -0.25) is 24.0 Å². The Balaban J connectivity index is 1.28. The number of carbonyl (C=O) groups excluding carboxylic acids is 6. The highest BCUT2D eigenvalue weighted by molar-refractivity contribution is 5.95. The van der Waals surface area contributed by atoms with Crippen molar-refractivity contribution in [1.29, 1.82) is 0 Å². The number of rotatable bonds is 23. The zero-order valence-corrected chi connectivity index (χ0v) is 33.8. The summed E-state index contributed by atoms with van der Waals surface area (Å²) in [7, 11) is 0. The largest absolute Gasteiger partial charge is 0.480 e. The van der Waals surface area contributed by atoms with Crippen LogP contribution < -0.4 is 37.6 Å². The third-order valence-electron chi connectivity index (χ3n) is 9.84. The quantitative estimate of drug-likeness (QED) is 0.0611. The molecule has 0 radical (unpaired) electrons. The van der Waals surface area contributed by atoms with Crippen LogP contribution in [0.15, 0.2) is 78.9 Å². The second-order valence-corrected chi connectivity index (χ2v) is 14.9. The number of aliphatic hydroxyl groups is 1. The molecule has 0 saturated carbocycles. The highest BCUT2D eigenvalue weighted by atomic mass is 16.5. The first kappa shape index (κ1) is 46.4. The number of carboxylic acids is 1. The van der Waals surface area contributed by atoms with E-state index in [4.69, 9.17) is 10.5 Å². The van der Waals surface area contributed by atoms with Crippen LogP contribution in [0, 0.1) is 5.92 Å². The molecule has 6 amide bonds. The van der Waals surface area contributed by atoms with E-state index in [0.29, 0.717) is 24.9 Å². The Kier molecular flexibility index (Phi) is 18.0. The number of carbonyl (C=O) groups is 7. The first-order chi connectivity index (χ1) is 28.8. The second-order valence-electron chi connectivity index (χ2n) is 14.9. The average molecular weight is 830 g/mol. The third-order valence-corrected chi connectivity index (χ3v) is 9.84. The van der Waals surface area contributed by atoms with Gasteiger partial charge in [0.1, 0.15) is 30.8 Å². The molecular weight excluding hydrogens is 775 g/mol. The van der Waals surface area contributed by atoms with E-state index < -0.39 is 85.5 Å². The number of nitrogens with two attached hydrogens (primary N) is 1. The maximum Gasteiger partial charge on any atom is 0.407 e. The fraction of sp³-hybridized carbons (Fsp3) is 0.419. The molecule has 4 rings (SSSR count). The average Bonchev–Trinajstić information content (AvgIpc) is 3.55. The number of unbranched alkanes of at least 4 members (excludes halogenated alkanes) is 1. The standard InChI is InChI=1S/C43H55N7O10/c1-26(2)20-34(40(55)48-33(42(57)58)18-10-11-19-44)49-41(56)35(21-27-12-4-3-5-13-27)47-38(53)23-45-37(52)22-46-39(54)36(24-51)50-43(59)60-25-32-30-16-8-6-14-28(30)29-15-7-9-17-31(29)32/h3-9,12-17,26,32-36,51H,10-11,18-25,44H2,1-2H3,(H,45,52)(H,46,54)(H,47,53)(H,48,55)(H,49,56)(H,50,59)(H,57,58)/t33-,34-,35-,36-/m0/s1. The smallest absolute Gasteiger partial charge is 0.407 e. The van der Waals surface area contributed by atoms with Crippen LogP contribution in [0.5, 0.6) is 0 Å². The molecule has 1 aliphatic rings. The number of aliphatic hydroxyl groups excluding tert-OH is 1. The van der Waals surface area contributed by atoms with Crippen molar-refractivity contribution < 1.29 is 48.5 Å². The summed E-state index contributed by atoms with van der Waals surface area (Å²) in [6.07, 6.45) is 0.471. The Morgan fingerprint density at radius 3 is 1.85 bits per heavy atom. The van der Waals surface area contributed by atoms with Crippen molar-refractivity contribution in [2.24, 2.45) is 11.7 Å². The van der Waals surface area contributed by atoms with Crippen LogP contribution in [0.2, 0.25) is 0 Å². The van der Waals surface area contributed by atoms with E-state index in [9.17, 15) is 43.8 Å². The summed E-state index contributed by atoms with van der Waals surface area (Å²) in [5.74, 6) is -5.33. The molecule has 60 heavy (non-hydrogen) atoms. The van der Waals surface area contributed by atoms with Gasteiger partial charge in [-0.1, -0.05) is 92.7 Å². The lowest BCUT2D eigenvalue weighted by Crippen LogP contribution is -2.57. The van der Waals surface area contributed by atoms with Gasteiger partial charge in [-0.05, 0) is 66.0 Å². The first-order valence-electron chi connectivity index (χ1n) is 19.9. The summed E-state index contributed by atoms with van der Waals surface area (Å²) in [6, 6.07) is 19.4. The minimum atomic E-state index is -1.44. The van der Waals surface area contributed by atoms with Gasteiger partial charge >= 0.3 is 12.1 Å². The molecule has 3 aromatic carbocycles. The van der Waals surface area contributed by atoms with Gasteiger partial charge in [-0.25, -0.2) is 9.59 Å². The van der Waals surface area contributed by atoms with E-state index in [1.165, 1.54) is 0 Å². The number of hydrogen-bond donors (Lipinski definition) is 9. The summed E-state index contributed by atoms with van der Waals surface area (Å²) in [4.78, 5) is 90.0. The number of alkyl carbamates (subject to hydrolysis) is 1. The van der Waals surface area contributed by atoms with Crippen LogP contribution in [-0.2, 0) is 39.9 Å². The van der Waals surface area contributed by atoms with Gasteiger partial charge in [0, 0.05) is 12.3 Å². The van der Waals surface area contributed by atoms with Crippen LogP contribution in [0.3, 0.4) is 0 Å². The topological polar surface area (TPSA) is 267 Å². The molecule has 0 aromatic heterocycles. The SMILES string of the molecule is CC(C)C[C@H](NC(=O)[C@H](Cc1ccccc1)NC(=O)CNC(=O)CNC(=O)[C@H](CO)NC(=O)OCC1c2ccccc2-c2ccccc21)C(=O)N[C@@H](CCCCN)C(=O)O. The highest BCUT2D eigenvalue weighted by Crippen LogP contribution is 2.44. The summed E-state index contributed by atoms with van der Waals surface area (Å²) in [6.45, 7) is 2.03. The molecule has 0 heterocycles. The monoisotopic (exact) mass is 829 g/mol.